The number of hydrogen-bond acceptors (Lipinski definition) is 4. The van der Waals surface area contributed by atoms with Crippen LogP contribution in [-0.4, -0.2) is 31.4 Å². The fraction of sp³-hybridized carbons (Fsp3) is 0.500. The number of nitrogens with zero attached hydrogens (tertiary/aromatic N) is 1. The van der Waals surface area contributed by atoms with Crippen LogP contribution in [0.4, 0.5) is 5.69 Å². The number of aromatic nitrogens is 1. The fourth-order valence-corrected chi connectivity index (χ4v) is 1.48. The molecule has 0 bridgehead atoms. The van der Waals surface area contributed by atoms with Gasteiger partial charge in [0.15, 0.2) is 0 Å². The highest BCUT2D eigenvalue weighted by molar-refractivity contribution is 5.38. The van der Waals surface area contributed by atoms with Crippen LogP contribution in [0.5, 0.6) is 5.88 Å². The Labute approximate surface area is 88.3 Å². The van der Waals surface area contributed by atoms with Crippen molar-refractivity contribution in [1.82, 2.24) is 4.98 Å². The summed E-state index contributed by atoms with van der Waals surface area (Å²) in [6, 6.07) is 3.75. The van der Waals surface area contributed by atoms with Crippen LogP contribution >= 0.6 is 0 Å². The Bertz CT molecular complexity index is 313. The zero-order valence-electron chi connectivity index (χ0n) is 8.68. The molecule has 0 unspecified atom stereocenters. The van der Waals surface area contributed by atoms with E-state index in [0.29, 0.717) is 12.5 Å². The van der Waals surface area contributed by atoms with Crippen molar-refractivity contribution < 1.29 is 19.8 Å². The van der Waals surface area contributed by atoms with Gasteiger partial charge in [-0.1, -0.05) is 0 Å². The van der Waals surface area contributed by atoms with E-state index in [1.165, 1.54) is 0 Å². The topological polar surface area (TPSA) is 57.2 Å². The van der Waals surface area contributed by atoms with E-state index >= 15 is 0 Å². The molecule has 1 aliphatic heterocycles. The van der Waals surface area contributed by atoms with Gasteiger partial charge in [0.2, 0.25) is 5.69 Å². The predicted octanol–water partition coefficient (Wildman–Crippen LogP) is 0.00560. The average molecular weight is 211 g/mol. The minimum Gasteiger partial charge on any atom is -0.468 e. The molecule has 0 saturated carbocycles. The zero-order valence-corrected chi connectivity index (χ0v) is 8.68. The quantitative estimate of drug-likeness (QED) is 0.712. The molecule has 0 amide bonds. The van der Waals surface area contributed by atoms with Gasteiger partial charge in [0.1, 0.15) is 6.10 Å². The number of nitrogens with two attached hydrogens (primary N) is 1. The van der Waals surface area contributed by atoms with Gasteiger partial charge in [-0.25, -0.2) is 9.82 Å². The molecule has 5 heteroatoms. The van der Waals surface area contributed by atoms with Gasteiger partial charge in [-0.15, -0.1) is 0 Å². The maximum absolute atomic E-state index is 5.71. The van der Waals surface area contributed by atoms with E-state index in [4.69, 9.17) is 14.3 Å². The van der Waals surface area contributed by atoms with E-state index < -0.39 is 0 Å². The van der Waals surface area contributed by atoms with Crippen molar-refractivity contribution in [2.24, 2.45) is 0 Å². The SMILES string of the molecule is CO[NH2+]c1cccnc1O[C@@H]1CCOC1. The minimum absolute atomic E-state index is 0.115. The molecule has 1 aliphatic rings. The van der Waals surface area contributed by atoms with Crippen molar-refractivity contribution in [2.45, 2.75) is 12.5 Å². The minimum atomic E-state index is 0.115. The van der Waals surface area contributed by atoms with Crippen molar-refractivity contribution in [2.75, 3.05) is 20.3 Å². The Morgan fingerprint density at radius 1 is 1.60 bits per heavy atom. The summed E-state index contributed by atoms with van der Waals surface area (Å²) in [5.41, 5.74) is 2.48. The molecule has 0 aliphatic carbocycles. The lowest BCUT2D eigenvalue weighted by atomic mass is 10.3. The molecule has 2 N–H and O–H groups in total. The molecule has 5 nitrogen and oxygen atoms in total. The average Bonchev–Trinajstić information content (AvgIpc) is 2.74. The first-order chi connectivity index (χ1) is 7.40. The second-order valence-electron chi connectivity index (χ2n) is 3.35. The summed E-state index contributed by atoms with van der Waals surface area (Å²) in [7, 11) is 1.61. The van der Waals surface area contributed by atoms with Gasteiger partial charge in [-0.2, -0.15) is 5.48 Å². The largest absolute Gasteiger partial charge is 0.468 e. The molecule has 0 aromatic carbocycles. The van der Waals surface area contributed by atoms with Gasteiger partial charge < -0.3 is 9.47 Å². The monoisotopic (exact) mass is 211 g/mol. The van der Waals surface area contributed by atoms with Crippen LogP contribution in [0.2, 0.25) is 0 Å². The highest BCUT2D eigenvalue weighted by atomic mass is 16.6. The van der Waals surface area contributed by atoms with Gasteiger partial charge >= 0.3 is 0 Å². The van der Waals surface area contributed by atoms with Gasteiger partial charge in [0, 0.05) is 18.7 Å². The lowest BCUT2D eigenvalue weighted by Crippen LogP contribution is -2.76. The standard InChI is InChI=1S/C10H14N2O3/c1-13-12-9-3-2-5-11-10(9)15-8-4-6-14-7-8/h2-3,5,8,12H,4,6-7H2,1H3/p+1/t8-/m1/s1. The molecule has 2 heterocycles. The molecule has 0 radical (unpaired) electrons. The summed E-state index contributed by atoms with van der Waals surface area (Å²) in [4.78, 5) is 9.13. The molecule has 0 spiro atoms. The van der Waals surface area contributed by atoms with Crippen LogP contribution in [0.25, 0.3) is 0 Å². The van der Waals surface area contributed by atoms with Crippen LogP contribution < -0.4 is 10.2 Å². The smallest absolute Gasteiger partial charge is 0.280 e. The molecular weight excluding hydrogens is 196 g/mol. The van der Waals surface area contributed by atoms with Crippen molar-refractivity contribution >= 4 is 5.69 Å². The Kier molecular flexibility index (Phi) is 3.49. The maximum atomic E-state index is 5.71. The Morgan fingerprint density at radius 2 is 2.53 bits per heavy atom. The molecule has 2 rings (SSSR count). The van der Waals surface area contributed by atoms with Gasteiger partial charge in [-0.3, -0.25) is 0 Å². The van der Waals surface area contributed by atoms with E-state index in [1.54, 1.807) is 18.8 Å². The molecule has 1 fully saturated rings. The lowest BCUT2D eigenvalue weighted by molar-refractivity contribution is -0.830. The van der Waals surface area contributed by atoms with E-state index in [9.17, 15) is 0 Å². The lowest BCUT2D eigenvalue weighted by Gasteiger charge is -2.11. The van der Waals surface area contributed by atoms with Crippen molar-refractivity contribution in [3.8, 4) is 5.88 Å². The number of hydrogen-bond donors (Lipinski definition) is 1. The number of pyridine rings is 1. The summed E-state index contributed by atoms with van der Waals surface area (Å²) >= 11 is 0. The highest BCUT2D eigenvalue weighted by Crippen LogP contribution is 2.19. The second kappa shape index (κ2) is 5.06. The summed E-state index contributed by atoms with van der Waals surface area (Å²) in [5.74, 6) is 0.606. The Balaban J connectivity index is 2.05. The summed E-state index contributed by atoms with van der Waals surface area (Å²) < 4.78 is 10.9. The Morgan fingerprint density at radius 3 is 3.27 bits per heavy atom. The third-order valence-corrected chi connectivity index (χ3v) is 2.21. The molecular formula is C10H15N2O3+. The molecule has 1 atom stereocenters. The Hall–Kier alpha value is -1.17. The van der Waals surface area contributed by atoms with E-state index in [1.807, 2.05) is 12.1 Å². The third kappa shape index (κ3) is 2.65. The van der Waals surface area contributed by atoms with E-state index in [-0.39, 0.29) is 6.10 Å². The van der Waals surface area contributed by atoms with Crippen LogP contribution in [0.15, 0.2) is 18.3 Å². The van der Waals surface area contributed by atoms with Gasteiger partial charge in [-0.05, 0) is 6.07 Å². The van der Waals surface area contributed by atoms with E-state index in [2.05, 4.69) is 4.98 Å². The van der Waals surface area contributed by atoms with Crippen molar-refractivity contribution in [1.29, 1.82) is 0 Å². The van der Waals surface area contributed by atoms with Crippen LogP contribution in [0.3, 0.4) is 0 Å². The van der Waals surface area contributed by atoms with Crippen LogP contribution in [0.1, 0.15) is 6.42 Å². The van der Waals surface area contributed by atoms with Gasteiger partial charge in [0.25, 0.3) is 5.88 Å². The number of quaternary nitrogens is 1. The highest BCUT2D eigenvalue weighted by Gasteiger charge is 2.20. The number of rotatable bonds is 4. The molecule has 82 valence electrons. The van der Waals surface area contributed by atoms with Crippen molar-refractivity contribution in [3.05, 3.63) is 18.3 Å². The first-order valence-corrected chi connectivity index (χ1v) is 4.95. The summed E-state index contributed by atoms with van der Waals surface area (Å²) in [5, 5.41) is 0. The fourth-order valence-electron chi connectivity index (χ4n) is 1.48. The normalized spacial score (nSPS) is 20.5. The predicted molar refractivity (Wildman–Crippen MR) is 52.7 cm³/mol. The summed E-state index contributed by atoms with van der Waals surface area (Å²) in [6.07, 6.45) is 2.74. The van der Waals surface area contributed by atoms with Crippen molar-refractivity contribution in [3.63, 3.8) is 0 Å². The number of ether oxygens (including phenoxy) is 2. The molecule has 1 aromatic rings. The molecule has 1 aromatic heterocycles. The first-order valence-electron chi connectivity index (χ1n) is 4.95. The van der Waals surface area contributed by atoms with Gasteiger partial charge in [0.05, 0.1) is 20.3 Å². The molecule has 15 heavy (non-hydrogen) atoms. The third-order valence-electron chi connectivity index (χ3n) is 2.21. The molecule has 1 saturated heterocycles. The zero-order chi connectivity index (χ0) is 10.5. The van der Waals surface area contributed by atoms with Crippen LogP contribution in [0, 0.1) is 0 Å². The second-order valence-corrected chi connectivity index (χ2v) is 3.35. The van der Waals surface area contributed by atoms with Crippen LogP contribution in [-0.2, 0) is 9.57 Å². The first kappa shape index (κ1) is 10.4. The van der Waals surface area contributed by atoms with E-state index in [0.717, 1.165) is 18.7 Å². The maximum Gasteiger partial charge on any atom is 0.280 e. The summed E-state index contributed by atoms with van der Waals surface area (Å²) in [6.45, 7) is 1.41.